The normalized spacial score (nSPS) is 27.0. The molecule has 2 fully saturated rings. The predicted molar refractivity (Wildman–Crippen MR) is 80.5 cm³/mol. The van der Waals surface area contributed by atoms with Gasteiger partial charge in [-0.05, 0) is 45.2 Å². The molecule has 2 unspecified atom stereocenters. The molecule has 2 rings (SSSR count). The van der Waals surface area contributed by atoms with E-state index >= 15 is 0 Å². The summed E-state index contributed by atoms with van der Waals surface area (Å²) in [5.41, 5.74) is 0. The largest absolute Gasteiger partial charge is 0.377 e. The molecule has 112 valence electrons. The van der Waals surface area contributed by atoms with Gasteiger partial charge in [0, 0.05) is 25.7 Å². The van der Waals surface area contributed by atoms with Crippen molar-refractivity contribution < 1.29 is 4.74 Å². The van der Waals surface area contributed by atoms with Gasteiger partial charge in [0.15, 0.2) is 0 Å². The van der Waals surface area contributed by atoms with Crippen molar-refractivity contribution in [1.82, 2.24) is 10.2 Å². The number of hydrogen-bond acceptors (Lipinski definition) is 3. The first-order valence-electron chi connectivity index (χ1n) is 8.33. The lowest BCUT2D eigenvalue weighted by atomic mass is 9.83. The average molecular weight is 268 g/mol. The molecule has 0 aromatic carbocycles. The van der Waals surface area contributed by atoms with Crippen LogP contribution in [-0.2, 0) is 4.74 Å². The van der Waals surface area contributed by atoms with Crippen molar-refractivity contribution >= 4 is 0 Å². The number of nitrogens with one attached hydrogen (secondary N) is 1. The molecule has 1 aliphatic carbocycles. The van der Waals surface area contributed by atoms with E-state index in [9.17, 15) is 0 Å². The van der Waals surface area contributed by atoms with E-state index in [4.69, 9.17) is 4.74 Å². The number of ether oxygens (including phenoxy) is 1. The minimum absolute atomic E-state index is 0.485. The Kier molecular flexibility index (Phi) is 6.62. The van der Waals surface area contributed by atoms with Gasteiger partial charge in [-0.25, -0.2) is 0 Å². The predicted octanol–water partition coefficient (Wildman–Crippen LogP) is 2.66. The molecular weight excluding hydrogens is 236 g/mol. The van der Waals surface area contributed by atoms with Crippen molar-refractivity contribution in [2.45, 2.75) is 64.0 Å². The highest BCUT2D eigenvalue weighted by Crippen LogP contribution is 2.27. The molecule has 1 N–H and O–H groups in total. The SMILES string of the molecule is CCNC(CN(C)CC1CCCO1)C1CCCCC1. The summed E-state index contributed by atoms with van der Waals surface area (Å²) in [6.07, 6.45) is 10.1. The molecule has 0 radical (unpaired) electrons. The van der Waals surface area contributed by atoms with Crippen LogP contribution in [0.3, 0.4) is 0 Å². The van der Waals surface area contributed by atoms with Crippen molar-refractivity contribution in [2.75, 3.05) is 33.3 Å². The van der Waals surface area contributed by atoms with E-state index in [0.29, 0.717) is 12.1 Å². The summed E-state index contributed by atoms with van der Waals surface area (Å²) in [6, 6.07) is 0.678. The standard InChI is InChI=1S/C16H32N2O/c1-3-17-16(14-8-5-4-6-9-14)13-18(2)12-15-10-7-11-19-15/h14-17H,3-13H2,1-2H3. The number of hydrogen-bond donors (Lipinski definition) is 1. The van der Waals surface area contributed by atoms with Crippen LogP contribution in [0.2, 0.25) is 0 Å². The second-order valence-corrected chi connectivity index (χ2v) is 6.42. The molecule has 0 amide bonds. The summed E-state index contributed by atoms with van der Waals surface area (Å²) >= 11 is 0. The number of nitrogens with zero attached hydrogens (tertiary/aromatic N) is 1. The Balaban J connectivity index is 1.77. The van der Waals surface area contributed by atoms with Crippen LogP contribution in [0.1, 0.15) is 51.9 Å². The topological polar surface area (TPSA) is 24.5 Å². The smallest absolute Gasteiger partial charge is 0.0702 e. The van der Waals surface area contributed by atoms with E-state index in [0.717, 1.165) is 25.6 Å². The average Bonchev–Trinajstić information content (AvgIpc) is 2.92. The first kappa shape index (κ1) is 15.3. The first-order valence-corrected chi connectivity index (χ1v) is 8.33. The Bertz CT molecular complexity index is 235. The molecule has 1 saturated carbocycles. The quantitative estimate of drug-likeness (QED) is 0.768. The second-order valence-electron chi connectivity index (χ2n) is 6.42. The fraction of sp³-hybridized carbons (Fsp3) is 1.00. The highest BCUT2D eigenvalue weighted by molar-refractivity contribution is 4.82. The summed E-state index contributed by atoms with van der Waals surface area (Å²) < 4.78 is 5.75. The lowest BCUT2D eigenvalue weighted by molar-refractivity contribution is 0.0744. The van der Waals surface area contributed by atoms with Crippen molar-refractivity contribution in [3.8, 4) is 0 Å². The second kappa shape index (κ2) is 8.23. The maximum atomic E-state index is 5.75. The van der Waals surface area contributed by atoms with E-state index in [2.05, 4.69) is 24.2 Å². The van der Waals surface area contributed by atoms with Crippen LogP contribution in [0.4, 0.5) is 0 Å². The van der Waals surface area contributed by atoms with E-state index in [-0.39, 0.29) is 0 Å². The minimum atomic E-state index is 0.485. The third-order valence-corrected chi connectivity index (χ3v) is 4.73. The molecule has 0 aromatic rings. The Morgan fingerprint density at radius 2 is 1.95 bits per heavy atom. The highest BCUT2D eigenvalue weighted by Gasteiger charge is 2.25. The van der Waals surface area contributed by atoms with E-state index in [1.807, 2.05) is 0 Å². The summed E-state index contributed by atoms with van der Waals surface area (Å²) in [4.78, 5) is 2.48. The van der Waals surface area contributed by atoms with Crippen LogP contribution in [0.15, 0.2) is 0 Å². The van der Waals surface area contributed by atoms with Gasteiger partial charge in [0.05, 0.1) is 6.10 Å². The molecule has 3 nitrogen and oxygen atoms in total. The molecular formula is C16H32N2O. The summed E-state index contributed by atoms with van der Waals surface area (Å²) in [5, 5.41) is 3.73. The zero-order valence-corrected chi connectivity index (χ0v) is 12.9. The molecule has 1 saturated heterocycles. The molecule has 2 aliphatic rings. The zero-order chi connectivity index (χ0) is 13.5. The van der Waals surface area contributed by atoms with Gasteiger partial charge in [0.25, 0.3) is 0 Å². The van der Waals surface area contributed by atoms with Crippen LogP contribution < -0.4 is 5.32 Å². The van der Waals surface area contributed by atoms with Gasteiger partial charge in [-0.15, -0.1) is 0 Å². The monoisotopic (exact) mass is 268 g/mol. The van der Waals surface area contributed by atoms with Crippen LogP contribution in [-0.4, -0.2) is 50.3 Å². The maximum absolute atomic E-state index is 5.75. The molecule has 19 heavy (non-hydrogen) atoms. The lowest BCUT2D eigenvalue weighted by Crippen LogP contribution is -2.46. The van der Waals surface area contributed by atoms with Gasteiger partial charge in [0.2, 0.25) is 0 Å². The van der Waals surface area contributed by atoms with Crippen LogP contribution in [0, 0.1) is 5.92 Å². The summed E-state index contributed by atoms with van der Waals surface area (Å²) in [7, 11) is 2.26. The fourth-order valence-corrected chi connectivity index (χ4v) is 3.73. The van der Waals surface area contributed by atoms with E-state index in [1.54, 1.807) is 0 Å². The Morgan fingerprint density at radius 3 is 2.58 bits per heavy atom. The molecule has 3 heteroatoms. The lowest BCUT2D eigenvalue weighted by Gasteiger charge is -2.34. The van der Waals surface area contributed by atoms with E-state index in [1.165, 1.54) is 51.5 Å². The van der Waals surface area contributed by atoms with Gasteiger partial charge in [-0.1, -0.05) is 26.2 Å². The Hall–Kier alpha value is -0.120. The molecule has 0 aromatic heterocycles. The number of rotatable bonds is 7. The molecule has 2 atom stereocenters. The molecule has 1 aliphatic heterocycles. The molecule has 1 heterocycles. The van der Waals surface area contributed by atoms with Crippen LogP contribution in [0.5, 0.6) is 0 Å². The van der Waals surface area contributed by atoms with Gasteiger partial charge < -0.3 is 15.0 Å². The van der Waals surface area contributed by atoms with Gasteiger partial charge >= 0.3 is 0 Å². The summed E-state index contributed by atoms with van der Waals surface area (Å²) in [6.45, 7) is 6.58. The fourth-order valence-electron chi connectivity index (χ4n) is 3.73. The van der Waals surface area contributed by atoms with Crippen molar-refractivity contribution in [1.29, 1.82) is 0 Å². The Morgan fingerprint density at radius 1 is 1.16 bits per heavy atom. The maximum Gasteiger partial charge on any atom is 0.0702 e. The summed E-state index contributed by atoms with van der Waals surface area (Å²) in [5.74, 6) is 0.889. The van der Waals surface area contributed by atoms with Crippen LogP contribution in [0.25, 0.3) is 0 Å². The minimum Gasteiger partial charge on any atom is -0.377 e. The van der Waals surface area contributed by atoms with Gasteiger partial charge in [0.1, 0.15) is 0 Å². The van der Waals surface area contributed by atoms with Gasteiger partial charge in [-0.2, -0.15) is 0 Å². The molecule has 0 bridgehead atoms. The molecule has 0 spiro atoms. The third-order valence-electron chi connectivity index (χ3n) is 4.73. The zero-order valence-electron chi connectivity index (χ0n) is 12.9. The van der Waals surface area contributed by atoms with Crippen LogP contribution >= 0.6 is 0 Å². The number of likely N-dealkylation sites (N-methyl/N-ethyl adjacent to an activating group) is 2. The highest BCUT2D eigenvalue weighted by atomic mass is 16.5. The third kappa shape index (κ3) is 5.05. The Labute approximate surface area is 119 Å². The van der Waals surface area contributed by atoms with Crippen molar-refractivity contribution in [3.63, 3.8) is 0 Å². The van der Waals surface area contributed by atoms with Crippen molar-refractivity contribution in [2.24, 2.45) is 5.92 Å². The van der Waals surface area contributed by atoms with Gasteiger partial charge in [-0.3, -0.25) is 0 Å². The van der Waals surface area contributed by atoms with Crippen molar-refractivity contribution in [3.05, 3.63) is 0 Å². The van der Waals surface area contributed by atoms with E-state index < -0.39 is 0 Å². The first-order chi connectivity index (χ1) is 9.29.